The zero-order valence-electron chi connectivity index (χ0n) is 18.7. The molecule has 1 amide bonds. The molecule has 1 aliphatic carbocycles. The van der Waals surface area contributed by atoms with Crippen molar-refractivity contribution in [1.82, 2.24) is 14.5 Å². The molecule has 1 N–H and O–H groups in total. The van der Waals surface area contributed by atoms with Gasteiger partial charge in [-0.3, -0.25) is 4.79 Å². The van der Waals surface area contributed by atoms with Gasteiger partial charge in [-0.05, 0) is 55.9 Å². The third kappa shape index (κ3) is 4.53. The Bertz CT molecular complexity index is 1110. The number of anilines is 2. The highest BCUT2D eigenvalue weighted by molar-refractivity contribution is 6.04. The van der Waals surface area contributed by atoms with Crippen molar-refractivity contribution in [2.75, 3.05) is 36.5 Å². The maximum absolute atomic E-state index is 13.2. The van der Waals surface area contributed by atoms with E-state index >= 15 is 0 Å². The van der Waals surface area contributed by atoms with E-state index < -0.39 is 0 Å². The van der Waals surface area contributed by atoms with Crippen molar-refractivity contribution in [3.05, 3.63) is 59.7 Å². The molecule has 5 rings (SSSR count). The molecule has 2 aliphatic rings. The number of hydrogen-bond acceptors (Lipinski definition) is 5. The zero-order chi connectivity index (χ0) is 22.1. The Balaban J connectivity index is 1.40. The van der Waals surface area contributed by atoms with E-state index in [0.29, 0.717) is 24.8 Å². The summed E-state index contributed by atoms with van der Waals surface area (Å²) in [5.74, 6) is 1.29. The number of nitrogens with one attached hydrogen (secondary N) is 1. The molecule has 2 aromatic heterocycles. The van der Waals surface area contributed by atoms with Gasteiger partial charge in [-0.2, -0.15) is 0 Å². The van der Waals surface area contributed by atoms with Gasteiger partial charge in [0.25, 0.3) is 5.91 Å². The summed E-state index contributed by atoms with van der Waals surface area (Å²) in [4.78, 5) is 24.5. The third-order valence-corrected chi connectivity index (χ3v) is 6.19. The second kappa shape index (κ2) is 8.74. The van der Waals surface area contributed by atoms with Crippen molar-refractivity contribution in [1.29, 1.82) is 0 Å². The topological polar surface area (TPSA) is 72.3 Å². The summed E-state index contributed by atoms with van der Waals surface area (Å²) in [6.45, 7) is 7.92. The van der Waals surface area contributed by atoms with E-state index in [-0.39, 0.29) is 5.91 Å². The molecule has 7 heteroatoms. The number of amides is 1. The Morgan fingerprint density at radius 2 is 1.84 bits per heavy atom. The molecule has 1 aromatic carbocycles. The molecule has 3 heterocycles. The lowest BCUT2D eigenvalue weighted by Gasteiger charge is -2.26. The first kappa shape index (κ1) is 20.7. The molecular formula is C25H29N5O2. The first-order chi connectivity index (χ1) is 15.6. The Labute approximate surface area is 188 Å². The molecule has 7 nitrogen and oxygen atoms in total. The van der Waals surface area contributed by atoms with Gasteiger partial charge in [-0.1, -0.05) is 12.1 Å². The van der Waals surface area contributed by atoms with Crippen LogP contribution in [0.5, 0.6) is 0 Å². The summed E-state index contributed by atoms with van der Waals surface area (Å²) in [6.07, 6.45) is 8.21. The molecule has 0 bridgehead atoms. The number of carbonyl (C=O) groups excluding carboxylic acids is 1. The second-order valence-electron chi connectivity index (χ2n) is 8.85. The van der Waals surface area contributed by atoms with E-state index in [1.807, 2.05) is 44.4 Å². The lowest BCUT2D eigenvalue weighted by Crippen LogP contribution is -2.37. The van der Waals surface area contributed by atoms with E-state index in [9.17, 15) is 4.79 Å². The fourth-order valence-electron chi connectivity index (χ4n) is 4.04. The molecule has 0 unspecified atom stereocenters. The molecule has 0 spiro atoms. The normalized spacial score (nSPS) is 16.2. The number of hydrogen-bond donors (Lipinski definition) is 1. The third-order valence-electron chi connectivity index (χ3n) is 6.19. The molecule has 2 fully saturated rings. The van der Waals surface area contributed by atoms with Gasteiger partial charge in [0.05, 0.1) is 13.2 Å². The number of aromatic nitrogens is 3. The average Bonchev–Trinajstić information content (AvgIpc) is 3.53. The minimum Gasteiger partial charge on any atom is -0.378 e. The lowest BCUT2D eigenvalue weighted by atomic mass is 10.1. The minimum absolute atomic E-state index is 0.0866. The lowest BCUT2D eigenvalue weighted by molar-refractivity contribution is 0.101. The smallest absolute Gasteiger partial charge is 0.272 e. The Kier molecular flexibility index (Phi) is 5.66. The monoisotopic (exact) mass is 431 g/mol. The summed E-state index contributed by atoms with van der Waals surface area (Å²) in [7, 11) is 0. The van der Waals surface area contributed by atoms with Gasteiger partial charge in [0.15, 0.2) is 0 Å². The van der Waals surface area contributed by atoms with Gasteiger partial charge in [0.1, 0.15) is 5.69 Å². The van der Waals surface area contributed by atoms with Crippen molar-refractivity contribution in [3.63, 3.8) is 0 Å². The average molecular weight is 432 g/mol. The Morgan fingerprint density at radius 1 is 1.09 bits per heavy atom. The van der Waals surface area contributed by atoms with Crippen LogP contribution in [0.15, 0.2) is 42.9 Å². The van der Waals surface area contributed by atoms with Crippen LogP contribution in [0.25, 0.3) is 11.1 Å². The number of nitrogens with zero attached hydrogens (tertiary/aromatic N) is 4. The summed E-state index contributed by atoms with van der Waals surface area (Å²) >= 11 is 0. The van der Waals surface area contributed by atoms with Gasteiger partial charge in [-0.25, -0.2) is 9.97 Å². The summed E-state index contributed by atoms with van der Waals surface area (Å²) in [5.41, 5.74) is 5.58. The van der Waals surface area contributed by atoms with Crippen molar-refractivity contribution in [2.45, 2.75) is 33.2 Å². The van der Waals surface area contributed by atoms with Crippen LogP contribution in [-0.4, -0.2) is 46.7 Å². The van der Waals surface area contributed by atoms with Crippen molar-refractivity contribution in [2.24, 2.45) is 5.92 Å². The second-order valence-corrected chi connectivity index (χ2v) is 8.85. The van der Waals surface area contributed by atoms with E-state index in [0.717, 1.165) is 53.5 Å². The van der Waals surface area contributed by atoms with Gasteiger partial charge in [-0.15, -0.1) is 0 Å². The Hall–Kier alpha value is -3.19. The van der Waals surface area contributed by atoms with E-state index in [2.05, 4.69) is 37.0 Å². The maximum Gasteiger partial charge on any atom is 0.272 e. The molecular weight excluding hydrogens is 402 g/mol. The van der Waals surface area contributed by atoms with Crippen LogP contribution < -0.4 is 10.2 Å². The van der Waals surface area contributed by atoms with Crippen molar-refractivity contribution in [3.8, 4) is 11.1 Å². The highest BCUT2D eigenvalue weighted by atomic mass is 16.5. The van der Waals surface area contributed by atoms with Crippen LogP contribution >= 0.6 is 0 Å². The number of carbonyl (C=O) groups is 1. The SMILES string of the molecule is Cc1ccc(C)c(NC(=O)c2cc(-c3cnc(N4CCOCC4)nc3)cn2CC2CC2)c1. The van der Waals surface area contributed by atoms with Crippen LogP contribution in [0, 0.1) is 19.8 Å². The molecule has 1 saturated heterocycles. The molecule has 1 saturated carbocycles. The van der Waals surface area contributed by atoms with Crippen LogP contribution in [-0.2, 0) is 11.3 Å². The molecule has 166 valence electrons. The molecule has 0 radical (unpaired) electrons. The van der Waals surface area contributed by atoms with Gasteiger partial charge in [0, 0.05) is 55.0 Å². The molecule has 0 atom stereocenters. The number of morpholine rings is 1. The quantitative estimate of drug-likeness (QED) is 0.637. The number of rotatable bonds is 6. The van der Waals surface area contributed by atoms with E-state index in [1.54, 1.807) is 0 Å². The number of benzene rings is 1. The molecule has 3 aromatic rings. The standard InChI is InChI=1S/C25H29N5O2/c1-17-3-4-18(2)22(11-17)28-24(31)23-12-20(16-30(23)15-19-5-6-19)21-13-26-25(27-14-21)29-7-9-32-10-8-29/h3-4,11-14,16,19H,5-10,15H2,1-2H3,(H,28,31). The number of ether oxygens (including phenoxy) is 1. The highest BCUT2D eigenvalue weighted by Crippen LogP contribution is 2.33. The molecule has 1 aliphatic heterocycles. The van der Waals surface area contributed by atoms with Crippen molar-refractivity contribution >= 4 is 17.5 Å². The van der Waals surface area contributed by atoms with Crippen LogP contribution in [0.2, 0.25) is 0 Å². The first-order valence-electron chi connectivity index (χ1n) is 11.3. The van der Waals surface area contributed by atoms with Crippen molar-refractivity contribution < 1.29 is 9.53 Å². The highest BCUT2D eigenvalue weighted by Gasteiger charge is 2.25. The predicted molar refractivity (Wildman–Crippen MR) is 125 cm³/mol. The predicted octanol–water partition coefficient (Wildman–Crippen LogP) is 4.06. The van der Waals surface area contributed by atoms with Crippen LogP contribution in [0.3, 0.4) is 0 Å². The van der Waals surface area contributed by atoms with Gasteiger partial charge >= 0.3 is 0 Å². The van der Waals surface area contributed by atoms with Gasteiger partial charge < -0.3 is 19.5 Å². The van der Waals surface area contributed by atoms with Crippen LogP contribution in [0.1, 0.15) is 34.5 Å². The first-order valence-corrected chi connectivity index (χ1v) is 11.3. The molecule has 32 heavy (non-hydrogen) atoms. The number of aryl methyl sites for hydroxylation is 2. The zero-order valence-corrected chi connectivity index (χ0v) is 18.7. The van der Waals surface area contributed by atoms with Crippen LogP contribution in [0.4, 0.5) is 11.6 Å². The summed E-state index contributed by atoms with van der Waals surface area (Å²) < 4.78 is 7.49. The van der Waals surface area contributed by atoms with E-state index in [4.69, 9.17) is 4.74 Å². The fourth-order valence-corrected chi connectivity index (χ4v) is 4.04. The largest absolute Gasteiger partial charge is 0.378 e. The minimum atomic E-state index is -0.0866. The Morgan fingerprint density at radius 3 is 2.56 bits per heavy atom. The van der Waals surface area contributed by atoms with E-state index in [1.165, 1.54) is 12.8 Å². The fraction of sp³-hybridized carbons (Fsp3) is 0.400. The maximum atomic E-state index is 13.2. The van der Waals surface area contributed by atoms with Gasteiger partial charge in [0.2, 0.25) is 5.95 Å². The summed E-state index contributed by atoms with van der Waals surface area (Å²) in [5, 5.41) is 3.11. The summed E-state index contributed by atoms with van der Waals surface area (Å²) in [6, 6.07) is 8.06.